The molecule has 19 heavy (non-hydrogen) atoms. The Balaban J connectivity index is 1.80. The maximum absolute atomic E-state index is 4.58. The highest BCUT2D eigenvalue weighted by molar-refractivity contribution is 5.55. The zero-order valence-corrected chi connectivity index (χ0v) is 11.9. The average Bonchev–Trinajstić information content (AvgIpc) is 3.15. The molecule has 0 amide bonds. The monoisotopic (exact) mass is 255 g/mol. The Labute approximate surface area is 114 Å². The van der Waals surface area contributed by atoms with Gasteiger partial charge < -0.3 is 9.88 Å². The van der Waals surface area contributed by atoms with Gasteiger partial charge in [-0.15, -0.1) is 0 Å². The molecule has 1 N–H and O–H groups in total. The molecule has 3 nitrogen and oxygen atoms in total. The second kappa shape index (κ2) is 4.72. The SMILES string of the molecule is Cc1cn(C2CC2)c(Nc2ccc(C(C)C)cc2)n1. The van der Waals surface area contributed by atoms with Crippen molar-refractivity contribution in [2.45, 2.75) is 45.6 Å². The fourth-order valence-electron chi connectivity index (χ4n) is 2.32. The van der Waals surface area contributed by atoms with Crippen molar-refractivity contribution >= 4 is 11.6 Å². The first-order valence-electron chi connectivity index (χ1n) is 7.06. The molecule has 0 spiro atoms. The van der Waals surface area contributed by atoms with Crippen molar-refractivity contribution in [2.75, 3.05) is 5.32 Å². The summed E-state index contributed by atoms with van der Waals surface area (Å²) in [7, 11) is 0. The number of rotatable bonds is 4. The molecule has 0 saturated heterocycles. The largest absolute Gasteiger partial charge is 0.326 e. The van der Waals surface area contributed by atoms with Crippen molar-refractivity contribution in [2.24, 2.45) is 0 Å². The van der Waals surface area contributed by atoms with E-state index in [-0.39, 0.29) is 0 Å². The standard InChI is InChI=1S/C16H21N3/c1-11(2)13-4-6-14(7-5-13)18-16-17-12(3)10-19(16)15-8-9-15/h4-7,10-11,15H,8-9H2,1-3H3,(H,17,18). The van der Waals surface area contributed by atoms with Gasteiger partial charge in [-0.25, -0.2) is 4.98 Å². The van der Waals surface area contributed by atoms with Crippen molar-refractivity contribution in [1.82, 2.24) is 9.55 Å². The fraction of sp³-hybridized carbons (Fsp3) is 0.438. The van der Waals surface area contributed by atoms with Gasteiger partial charge in [0.25, 0.3) is 0 Å². The third-order valence-electron chi connectivity index (χ3n) is 3.63. The van der Waals surface area contributed by atoms with Crippen molar-refractivity contribution in [3.8, 4) is 0 Å². The van der Waals surface area contributed by atoms with Crippen molar-refractivity contribution in [3.05, 3.63) is 41.7 Å². The number of hydrogen-bond acceptors (Lipinski definition) is 2. The van der Waals surface area contributed by atoms with Gasteiger partial charge in [0, 0.05) is 17.9 Å². The molecule has 2 aromatic rings. The highest BCUT2D eigenvalue weighted by Gasteiger charge is 2.26. The second-order valence-corrected chi connectivity index (χ2v) is 5.75. The molecule has 1 saturated carbocycles. The summed E-state index contributed by atoms with van der Waals surface area (Å²) < 4.78 is 2.27. The Hall–Kier alpha value is -1.77. The highest BCUT2D eigenvalue weighted by Crippen LogP contribution is 2.37. The lowest BCUT2D eigenvalue weighted by molar-refractivity contribution is 0.750. The van der Waals surface area contributed by atoms with Gasteiger partial charge in [-0.2, -0.15) is 0 Å². The summed E-state index contributed by atoms with van der Waals surface area (Å²) in [4.78, 5) is 4.58. The number of nitrogens with one attached hydrogen (secondary N) is 1. The molecular weight excluding hydrogens is 234 g/mol. The van der Waals surface area contributed by atoms with Gasteiger partial charge in [-0.3, -0.25) is 0 Å². The first kappa shape index (κ1) is 12.3. The fourth-order valence-corrected chi connectivity index (χ4v) is 2.32. The molecule has 100 valence electrons. The van der Waals surface area contributed by atoms with E-state index in [9.17, 15) is 0 Å². The van der Waals surface area contributed by atoms with E-state index >= 15 is 0 Å². The minimum Gasteiger partial charge on any atom is -0.326 e. The lowest BCUT2D eigenvalue weighted by Crippen LogP contribution is -2.01. The van der Waals surface area contributed by atoms with Crippen LogP contribution in [0.5, 0.6) is 0 Å². The van der Waals surface area contributed by atoms with E-state index in [0.717, 1.165) is 17.3 Å². The summed E-state index contributed by atoms with van der Waals surface area (Å²) >= 11 is 0. The maximum atomic E-state index is 4.58. The number of imidazole rings is 1. The summed E-state index contributed by atoms with van der Waals surface area (Å²) in [6.45, 7) is 6.48. The van der Waals surface area contributed by atoms with Crippen LogP contribution in [0.3, 0.4) is 0 Å². The molecule has 0 unspecified atom stereocenters. The van der Waals surface area contributed by atoms with Gasteiger partial charge in [-0.05, 0) is 43.4 Å². The van der Waals surface area contributed by atoms with Crippen molar-refractivity contribution < 1.29 is 0 Å². The molecule has 3 heteroatoms. The van der Waals surface area contributed by atoms with Crippen LogP contribution >= 0.6 is 0 Å². The third-order valence-corrected chi connectivity index (χ3v) is 3.63. The summed E-state index contributed by atoms with van der Waals surface area (Å²) in [5.74, 6) is 1.54. The molecule has 0 bridgehead atoms. The molecule has 0 radical (unpaired) electrons. The molecule has 3 rings (SSSR count). The number of aryl methyl sites for hydroxylation is 1. The predicted molar refractivity (Wildman–Crippen MR) is 79.0 cm³/mol. The first-order valence-corrected chi connectivity index (χ1v) is 7.06. The van der Waals surface area contributed by atoms with Crippen LogP contribution in [0.4, 0.5) is 11.6 Å². The third kappa shape index (κ3) is 2.65. The summed E-state index contributed by atoms with van der Waals surface area (Å²) in [5, 5.41) is 3.43. The molecule has 0 atom stereocenters. The normalized spacial score (nSPS) is 14.9. The van der Waals surface area contributed by atoms with Gasteiger partial charge in [0.15, 0.2) is 0 Å². The van der Waals surface area contributed by atoms with E-state index in [0.29, 0.717) is 12.0 Å². The Kier molecular flexibility index (Phi) is 3.05. The van der Waals surface area contributed by atoms with Crippen LogP contribution in [0.25, 0.3) is 0 Å². The minimum atomic E-state index is 0.574. The lowest BCUT2D eigenvalue weighted by Gasteiger charge is -2.10. The molecule has 1 aromatic heterocycles. The van der Waals surface area contributed by atoms with E-state index < -0.39 is 0 Å². The molecule has 1 heterocycles. The summed E-state index contributed by atoms with van der Waals surface area (Å²) in [5.41, 5.74) is 3.55. The number of benzene rings is 1. The number of hydrogen-bond donors (Lipinski definition) is 1. The van der Waals surface area contributed by atoms with Crippen LogP contribution in [-0.2, 0) is 0 Å². The maximum Gasteiger partial charge on any atom is 0.207 e. The zero-order chi connectivity index (χ0) is 13.4. The first-order chi connectivity index (χ1) is 9.13. The van der Waals surface area contributed by atoms with Gasteiger partial charge in [-0.1, -0.05) is 26.0 Å². The Morgan fingerprint density at radius 1 is 1.21 bits per heavy atom. The van der Waals surface area contributed by atoms with Gasteiger partial charge in [0.1, 0.15) is 0 Å². The van der Waals surface area contributed by atoms with E-state index in [1.54, 1.807) is 0 Å². The molecule has 1 aromatic carbocycles. The molecule has 1 aliphatic rings. The Morgan fingerprint density at radius 3 is 2.47 bits per heavy atom. The highest BCUT2D eigenvalue weighted by atomic mass is 15.2. The van der Waals surface area contributed by atoms with Crippen LogP contribution in [0.2, 0.25) is 0 Å². The van der Waals surface area contributed by atoms with E-state index in [2.05, 4.69) is 59.2 Å². The quantitative estimate of drug-likeness (QED) is 0.878. The van der Waals surface area contributed by atoms with Gasteiger partial charge >= 0.3 is 0 Å². The Morgan fingerprint density at radius 2 is 1.89 bits per heavy atom. The van der Waals surface area contributed by atoms with E-state index in [1.807, 2.05) is 6.92 Å². The van der Waals surface area contributed by atoms with E-state index in [1.165, 1.54) is 18.4 Å². The number of nitrogens with zero attached hydrogens (tertiary/aromatic N) is 2. The molecule has 0 aliphatic heterocycles. The van der Waals surface area contributed by atoms with Crippen LogP contribution in [-0.4, -0.2) is 9.55 Å². The topological polar surface area (TPSA) is 29.9 Å². The van der Waals surface area contributed by atoms with Crippen LogP contribution in [0, 0.1) is 6.92 Å². The minimum absolute atomic E-state index is 0.574. The predicted octanol–water partition coefficient (Wildman–Crippen LogP) is 4.39. The second-order valence-electron chi connectivity index (χ2n) is 5.75. The number of anilines is 2. The smallest absolute Gasteiger partial charge is 0.207 e. The number of aromatic nitrogens is 2. The van der Waals surface area contributed by atoms with Crippen LogP contribution in [0.15, 0.2) is 30.5 Å². The van der Waals surface area contributed by atoms with E-state index in [4.69, 9.17) is 0 Å². The Bertz CT molecular complexity index is 562. The molecule has 1 aliphatic carbocycles. The van der Waals surface area contributed by atoms with Gasteiger partial charge in [0.05, 0.1) is 5.69 Å². The summed E-state index contributed by atoms with van der Waals surface area (Å²) in [6, 6.07) is 9.29. The average molecular weight is 255 g/mol. The summed E-state index contributed by atoms with van der Waals surface area (Å²) in [6.07, 6.45) is 4.69. The molecular formula is C16H21N3. The van der Waals surface area contributed by atoms with Crippen LogP contribution in [0.1, 0.15) is 49.9 Å². The molecule has 1 fully saturated rings. The van der Waals surface area contributed by atoms with Gasteiger partial charge in [0.2, 0.25) is 5.95 Å². The van der Waals surface area contributed by atoms with Crippen molar-refractivity contribution in [1.29, 1.82) is 0 Å². The van der Waals surface area contributed by atoms with Crippen molar-refractivity contribution in [3.63, 3.8) is 0 Å². The lowest BCUT2D eigenvalue weighted by atomic mass is 10.0. The zero-order valence-electron chi connectivity index (χ0n) is 11.9. The van der Waals surface area contributed by atoms with Crippen LogP contribution < -0.4 is 5.32 Å².